The molecule has 1 fully saturated rings. The van der Waals surface area contributed by atoms with Gasteiger partial charge in [0.2, 0.25) is 5.91 Å². The number of aromatic nitrogens is 1. The molecule has 7 heteroatoms. The molecule has 2 N–H and O–H groups in total. The fraction of sp³-hybridized carbons (Fsp3) is 0.667. The monoisotopic (exact) mass is 389 g/mol. The molecule has 0 aliphatic carbocycles. The van der Waals surface area contributed by atoms with Gasteiger partial charge in [-0.25, -0.2) is 0 Å². The first kappa shape index (κ1) is 22.0. The Bertz CT molecular complexity index is 705. The molecule has 2 rings (SSSR count). The minimum absolute atomic E-state index is 0.0662. The molecule has 0 atom stereocenters. The number of rotatable bonds is 8. The smallest absolute Gasteiger partial charge is 0.250 e. The van der Waals surface area contributed by atoms with Crippen molar-refractivity contribution in [1.82, 2.24) is 20.1 Å². The SMILES string of the molecule is CCNC(=NCCCCn1c(C)cccc1=O)N1CCC(CC(=O)NC)CC1. The number of guanidine groups is 1. The quantitative estimate of drug-likeness (QED) is 0.403. The number of pyridine rings is 1. The number of piperidine rings is 1. The number of nitrogens with one attached hydrogen (secondary N) is 2. The summed E-state index contributed by atoms with van der Waals surface area (Å²) in [4.78, 5) is 30.6. The van der Waals surface area contributed by atoms with Gasteiger partial charge < -0.3 is 20.1 Å². The molecule has 0 radical (unpaired) electrons. The van der Waals surface area contributed by atoms with Gasteiger partial charge in [0.1, 0.15) is 0 Å². The van der Waals surface area contributed by atoms with E-state index in [4.69, 9.17) is 4.99 Å². The fourth-order valence-electron chi connectivity index (χ4n) is 3.62. The van der Waals surface area contributed by atoms with Crippen molar-refractivity contribution in [3.63, 3.8) is 0 Å². The third kappa shape index (κ3) is 6.69. The second-order valence-corrected chi connectivity index (χ2v) is 7.41. The van der Waals surface area contributed by atoms with E-state index in [1.54, 1.807) is 19.2 Å². The standard InChI is InChI=1S/C21H35N5O2/c1-4-23-21(25-14-10-18(11-15-25)16-19(27)22-3)24-12-5-6-13-26-17(2)8-7-9-20(26)28/h7-9,18H,4-6,10-16H2,1-3H3,(H,22,27)(H,23,24). The van der Waals surface area contributed by atoms with Crippen LogP contribution >= 0.6 is 0 Å². The van der Waals surface area contributed by atoms with E-state index in [1.807, 2.05) is 17.6 Å². The molecular weight excluding hydrogens is 354 g/mol. The molecule has 7 nitrogen and oxygen atoms in total. The van der Waals surface area contributed by atoms with Crippen LogP contribution in [0.25, 0.3) is 0 Å². The van der Waals surface area contributed by atoms with Crippen molar-refractivity contribution >= 4 is 11.9 Å². The summed E-state index contributed by atoms with van der Waals surface area (Å²) in [6, 6.07) is 5.39. The minimum atomic E-state index is 0.0662. The highest BCUT2D eigenvalue weighted by Gasteiger charge is 2.22. The zero-order chi connectivity index (χ0) is 20.4. The fourth-order valence-corrected chi connectivity index (χ4v) is 3.62. The van der Waals surface area contributed by atoms with E-state index in [0.29, 0.717) is 12.3 Å². The second kappa shape index (κ2) is 11.5. The van der Waals surface area contributed by atoms with Gasteiger partial charge in [-0.3, -0.25) is 14.6 Å². The topological polar surface area (TPSA) is 78.7 Å². The summed E-state index contributed by atoms with van der Waals surface area (Å²) in [7, 11) is 1.70. The Labute approximate surface area is 168 Å². The molecule has 1 aliphatic rings. The summed E-state index contributed by atoms with van der Waals surface area (Å²) in [5.74, 6) is 1.56. The summed E-state index contributed by atoms with van der Waals surface area (Å²) in [5, 5.41) is 6.10. The number of aliphatic imine (C=N–C) groups is 1. The Morgan fingerprint density at radius 1 is 1.25 bits per heavy atom. The van der Waals surface area contributed by atoms with Gasteiger partial charge in [-0.1, -0.05) is 6.07 Å². The van der Waals surface area contributed by atoms with Crippen molar-refractivity contribution in [2.45, 2.75) is 52.5 Å². The largest absolute Gasteiger partial charge is 0.359 e. The minimum Gasteiger partial charge on any atom is -0.359 e. The molecule has 0 spiro atoms. The first-order valence-electron chi connectivity index (χ1n) is 10.5. The van der Waals surface area contributed by atoms with E-state index in [9.17, 15) is 9.59 Å². The van der Waals surface area contributed by atoms with Gasteiger partial charge in [-0.05, 0) is 51.5 Å². The van der Waals surface area contributed by atoms with Gasteiger partial charge in [0.15, 0.2) is 5.96 Å². The molecule has 28 heavy (non-hydrogen) atoms. The number of likely N-dealkylation sites (tertiary alicyclic amines) is 1. The molecule has 0 aromatic carbocycles. The molecule has 156 valence electrons. The maximum absolute atomic E-state index is 11.9. The Balaban J connectivity index is 1.79. The molecule has 1 amide bonds. The molecule has 1 aromatic heterocycles. The van der Waals surface area contributed by atoms with Crippen LogP contribution in [-0.4, -0.2) is 54.6 Å². The molecule has 1 saturated heterocycles. The summed E-state index contributed by atoms with van der Waals surface area (Å²) in [6.07, 6.45) is 4.54. The van der Waals surface area contributed by atoms with Crippen molar-refractivity contribution in [1.29, 1.82) is 0 Å². The van der Waals surface area contributed by atoms with Gasteiger partial charge >= 0.3 is 0 Å². The third-order valence-electron chi connectivity index (χ3n) is 5.32. The van der Waals surface area contributed by atoms with Gasteiger partial charge in [0.05, 0.1) is 0 Å². The van der Waals surface area contributed by atoms with Crippen LogP contribution in [0.15, 0.2) is 28.0 Å². The summed E-state index contributed by atoms with van der Waals surface area (Å²) in [5.41, 5.74) is 1.07. The summed E-state index contributed by atoms with van der Waals surface area (Å²) < 4.78 is 1.83. The van der Waals surface area contributed by atoms with E-state index < -0.39 is 0 Å². The van der Waals surface area contributed by atoms with Crippen molar-refractivity contribution in [2.24, 2.45) is 10.9 Å². The van der Waals surface area contributed by atoms with Crippen molar-refractivity contribution in [3.8, 4) is 0 Å². The first-order valence-corrected chi connectivity index (χ1v) is 10.5. The first-order chi connectivity index (χ1) is 13.5. The lowest BCUT2D eigenvalue weighted by Crippen LogP contribution is -2.46. The predicted molar refractivity (Wildman–Crippen MR) is 114 cm³/mol. The van der Waals surface area contributed by atoms with Gasteiger partial charge in [0, 0.05) is 58.0 Å². The predicted octanol–water partition coefficient (Wildman–Crippen LogP) is 1.75. The van der Waals surface area contributed by atoms with Crippen LogP contribution in [0, 0.1) is 12.8 Å². The maximum atomic E-state index is 11.9. The Hall–Kier alpha value is -2.31. The van der Waals surface area contributed by atoms with Crippen LogP contribution in [0.5, 0.6) is 0 Å². The number of nitrogens with zero attached hydrogens (tertiary/aromatic N) is 3. The van der Waals surface area contributed by atoms with Crippen LogP contribution in [0.2, 0.25) is 0 Å². The molecule has 0 bridgehead atoms. The number of carbonyl (C=O) groups excluding carboxylic acids is 1. The van der Waals surface area contributed by atoms with Crippen molar-refractivity contribution in [2.75, 3.05) is 33.2 Å². The lowest BCUT2D eigenvalue weighted by Gasteiger charge is -2.34. The highest BCUT2D eigenvalue weighted by molar-refractivity contribution is 5.80. The number of aryl methyl sites for hydroxylation is 1. The van der Waals surface area contributed by atoms with Gasteiger partial charge in [0.25, 0.3) is 5.56 Å². The van der Waals surface area contributed by atoms with Crippen LogP contribution in [-0.2, 0) is 11.3 Å². The van der Waals surface area contributed by atoms with Crippen LogP contribution < -0.4 is 16.2 Å². The lowest BCUT2D eigenvalue weighted by atomic mass is 9.93. The number of amides is 1. The van der Waals surface area contributed by atoms with E-state index in [2.05, 4.69) is 22.5 Å². The molecule has 1 aliphatic heterocycles. The third-order valence-corrected chi connectivity index (χ3v) is 5.32. The molecule has 2 heterocycles. The summed E-state index contributed by atoms with van der Waals surface area (Å²) >= 11 is 0. The second-order valence-electron chi connectivity index (χ2n) is 7.41. The number of unbranched alkanes of at least 4 members (excludes halogenated alkanes) is 1. The highest BCUT2D eigenvalue weighted by Crippen LogP contribution is 2.20. The average Bonchev–Trinajstić information content (AvgIpc) is 2.69. The molecule has 0 saturated carbocycles. The van der Waals surface area contributed by atoms with E-state index in [1.165, 1.54) is 0 Å². The Morgan fingerprint density at radius 3 is 2.64 bits per heavy atom. The summed E-state index contributed by atoms with van der Waals surface area (Å²) in [6.45, 7) is 8.26. The number of hydrogen-bond acceptors (Lipinski definition) is 3. The molecular formula is C21H35N5O2. The maximum Gasteiger partial charge on any atom is 0.250 e. The Kier molecular flexibility index (Phi) is 9.04. The zero-order valence-corrected chi connectivity index (χ0v) is 17.5. The van der Waals surface area contributed by atoms with Gasteiger partial charge in [-0.2, -0.15) is 0 Å². The van der Waals surface area contributed by atoms with Crippen LogP contribution in [0.4, 0.5) is 0 Å². The Morgan fingerprint density at radius 2 is 2.00 bits per heavy atom. The normalized spacial score (nSPS) is 15.5. The number of carbonyl (C=O) groups is 1. The van der Waals surface area contributed by atoms with E-state index >= 15 is 0 Å². The van der Waals surface area contributed by atoms with Crippen molar-refractivity contribution < 1.29 is 4.79 Å². The lowest BCUT2D eigenvalue weighted by molar-refractivity contribution is -0.121. The van der Waals surface area contributed by atoms with Crippen LogP contribution in [0.3, 0.4) is 0 Å². The zero-order valence-electron chi connectivity index (χ0n) is 17.5. The van der Waals surface area contributed by atoms with E-state index in [-0.39, 0.29) is 11.5 Å². The highest BCUT2D eigenvalue weighted by atomic mass is 16.1. The molecule has 1 aromatic rings. The van der Waals surface area contributed by atoms with Crippen LogP contribution in [0.1, 0.15) is 44.7 Å². The van der Waals surface area contributed by atoms with Gasteiger partial charge in [-0.15, -0.1) is 0 Å². The van der Waals surface area contributed by atoms with E-state index in [0.717, 1.165) is 70.1 Å². The van der Waals surface area contributed by atoms with Crippen molar-refractivity contribution in [3.05, 3.63) is 34.2 Å². The molecule has 0 unspecified atom stereocenters. The number of hydrogen-bond donors (Lipinski definition) is 2. The average molecular weight is 390 g/mol.